The zero-order valence-corrected chi connectivity index (χ0v) is 11.9. The van der Waals surface area contributed by atoms with Gasteiger partial charge >= 0.3 is 0 Å². The first-order valence-corrected chi connectivity index (χ1v) is 6.79. The van der Waals surface area contributed by atoms with E-state index in [0.29, 0.717) is 12.2 Å². The summed E-state index contributed by atoms with van der Waals surface area (Å²) in [6.45, 7) is 0.667. The van der Waals surface area contributed by atoms with Crippen LogP contribution in [0.3, 0.4) is 0 Å². The van der Waals surface area contributed by atoms with Crippen molar-refractivity contribution in [1.82, 2.24) is 4.90 Å². The van der Waals surface area contributed by atoms with Crippen LogP contribution in [0.1, 0.15) is 25.7 Å². The standard InChI is InChI=1S/C14H20FN3O2/c1-17(2)14(5-3-4-6-14)10-16-12-7-11(15)8-13(9-12)18(19)20/h7-9,16H,3-6,10H2,1-2H3. The van der Waals surface area contributed by atoms with Crippen LogP contribution in [0.5, 0.6) is 0 Å². The number of benzene rings is 1. The highest BCUT2D eigenvalue weighted by Gasteiger charge is 2.35. The molecular weight excluding hydrogens is 261 g/mol. The molecule has 5 nitrogen and oxygen atoms in total. The van der Waals surface area contributed by atoms with Crippen molar-refractivity contribution in [3.63, 3.8) is 0 Å². The van der Waals surface area contributed by atoms with Gasteiger partial charge in [-0.2, -0.15) is 0 Å². The van der Waals surface area contributed by atoms with E-state index in [1.807, 2.05) is 14.1 Å². The van der Waals surface area contributed by atoms with Gasteiger partial charge in [0.05, 0.1) is 11.0 Å². The predicted molar refractivity (Wildman–Crippen MR) is 76.4 cm³/mol. The van der Waals surface area contributed by atoms with E-state index in [1.54, 1.807) is 0 Å². The van der Waals surface area contributed by atoms with Gasteiger partial charge in [-0.05, 0) is 33.0 Å². The highest BCUT2D eigenvalue weighted by atomic mass is 19.1. The van der Waals surface area contributed by atoms with E-state index in [1.165, 1.54) is 25.0 Å². The van der Waals surface area contributed by atoms with Crippen molar-refractivity contribution >= 4 is 11.4 Å². The number of nitro benzene ring substituents is 1. The number of anilines is 1. The number of non-ortho nitro benzene ring substituents is 1. The monoisotopic (exact) mass is 281 g/mol. The molecule has 0 heterocycles. The Balaban J connectivity index is 2.12. The van der Waals surface area contributed by atoms with E-state index in [4.69, 9.17) is 0 Å². The molecule has 110 valence electrons. The molecule has 20 heavy (non-hydrogen) atoms. The van der Waals surface area contributed by atoms with E-state index in [9.17, 15) is 14.5 Å². The molecule has 1 aromatic carbocycles. The Labute approximate surface area is 117 Å². The van der Waals surface area contributed by atoms with Crippen LogP contribution in [0.25, 0.3) is 0 Å². The number of halogens is 1. The number of rotatable bonds is 5. The average Bonchev–Trinajstić information content (AvgIpc) is 2.86. The van der Waals surface area contributed by atoms with Crippen molar-refractivity contribution < 1.29 is 9.31 Å². The molecule has 2 rings (SSSR count). The zero-order valence-electron chi connectivity index (χ0n) is 11.9. The Kier molecular flexibility index (Phi) is 4.23. The van der Waals surface area contributed by atoms with Crippen LogP contribution in [-0.2, 0) is 0 Å². The summed E-state index contributed by atoms with van der Waals surface area (Å²) >= 11 is 0. The van der Waals surface area contributed by atoms with Crippen LogP contribution in [0, 0.1) is 15.9 Å². The minimum Gasteiger partial charge on any atom is -0.383 e. The Hall–Kier alpha value is -1.69. The lowest BCUT2D eigenvalue weighted by atomic mass is 9.96. The summed E-state index contributed by atoms with van der Waals surface area (Å²) in [7, 11) is 4.09. The Morgan fingerprint density at radius 2 is 2.00 bits per heavy atom. The van der Waals surface area contributed by atoms with Crippen molar-refractivity contribution in [2.75, 3.05) is 26.0 Å². The molecule has 0 radical (unpaired) electrons. The van der Waals surface area contributed by atoms with Crippen LogP contribution in [0.4, 0.5) is 15.8 Å². The summed E-state index contributed by atoms with van der Waals surface area (Å²) in [6, 6.07) is 3.61. The second kappa shape index (κ2) is 5.75. The van der Waals surface area contributed by atoms with Gasteiger partial charge < -0.3 is 10.2 Å². The van der Waals surface area contributed by atoms with E-state index in [-0.39, 0.29) is 11.2 Å². The molecular formula is C14H20FN3O2. The molecule has 1 saturated carbocycles. The summed E-state index contributed by atoms with van der Waals surface area (Å²) in [5, 5.41) is 13.9. The molecule has 6 heteroatoms. The first kappa shape index (κ1) is 14.7. The lowest BCUT2D eigenvalue weighted by Gasteiger charge is -2.36. The minimum absolute atomic E-state index is 0.0566. The third kappa shape index (κ3) is 3.07. The maximum absolute atomic E-state index is 13.4. The predicted octanol–water partition coefficient (Wildman–Crippen LogP) is 3.02. The molecule has 0 aromatic heterocycles. The maximum atomic E-state index is 13.4. The molecule has 0 bridgehead atoms. The summed E-state index contributed by atoms with van der Waals surface area (Å²) in [5.41, 5.74) is 0.295. The molecule has 0 unspecified atom stereocenters. The first-order chi connectivity index (χ1) is 9.43. The maximum Gasteiger partial charge on any atom is 0.274 e. The van der Waals surface area contributed by atoms with Crippen molar-refractivity contribution in [2.45, 2.75) is 31.2 Å². The van der Waals surface area contributed by atoms with Crippen LogP contribution in [-0.4, -0.2) is 36.0 Å². The largest absolute Gasteiger partial charge is 0.383 e. The number of hydrogen-bond acceptors (Lipinski definition) is 4. The fourth-order valence-corrected chi connectivity index (χ4v) is 2.86. The highest BCUT2D eigenvalue weighted by molar-refractivity contribution is 5.51. The SMILES string of the molecule is CN(C)C1(CNc2cc(F)cc([N+](=O)[O-])c2)CCCC1. The second-order valence-corrected chi connectivity index (χ2v) is 5.63. The van der Waals surface area contributed by atoms with Gasteiger partial charge in [0.25, 0.3) is 5.69 Å². The molecule has 0 saturated heterocycles. The highest BCUT2D eigenvalue weighted by Crippen LogP contribution is 2.34. The topological polar surface area (TPSA) is 58.4 Å². The molecule has 1 aliphatic rings. The lowest BCUT2D eigenvalue weighted by molar-refractivity contribution is -0.385. The molecule has 0 spiro atoms. The number of nitrogens with zero attached hydrogens (tertiary/aromatic N) is 2. The molecule has 0 aliphatic heterocycles. The van der Waals surface area contributed by atoms with Crippen LogP contribution >= 0.6 is 0 Å². The molecule has 1 aliphatic carbocycles. The minimum atomic E-state index is -0.591. The van der Waals surface area contributed by atoms with Gasteiger partial charge in [-0.15, -0.1) is 0 Å². The van der Waals surface area contributed by atoms with Crippen molar-refractivity contribution in [2.24, 2.45) is 0 Å². The lowest BCUT2D eigenvalue weighted by Crippen LogP contribution is -2.47. The molecule has 0 atom stereocenters. The zero-order chi connectivity index (χ0) is 14.8. The van der Waals surface area contributed by atoms with Crippen molar-refractivity contribution in [1.29, 1.82) is 0 Å². The second-order valence-electron chi connectivity index (χ2n) is 5.63. The number of likely N-dealkylation sites (N-methyl/N-ethyl adjacent to an activating group) is 1. The smallest absolute Gasteiger partial charge is 0.274 e. The van der Waals surface area contributed by atoms with Crippen LogP contribution < -0.4 is 5.32 Å². The van der Waals surface area contributed by atoms with E-state index >= 15 is 0 Å². The summed E-state index contributed by atoms with van der Waals surface area (Å²) in [5.74, 6) is -0.591. The van der Waals surface area contributed by atoms with Crippen molar-refractivity contribution in [3.05, 3.63) is 34.1 Å². The Morgan fingerprint density at radius 3 is 2.55 bits per heavy atom. The normalized spacial score (nSPS) is 17.4. The fraction of sp³-hybridized carbons (Fsp3) is 0.571. The quantitative estimate of drug-likeness (QED) is 0.665. The third-order valence-corrected chi connectivity index (χ3v) is 4.20. The Morgan fingerprint density at radius 1 is 1.35 bits per heavy atom. The van der Waals surface area contributed by atoms with E-state index < -0.39 is 10.7 Å². The molecule has 1 N–H and O–H groups in total. The van der Waals surface area contributed by atoms with Crippen molar-refractivity contribution in [3.8, 4) is 0 Å². The van der Waals surface area contributed by atoms with Gasteiger partial charge in [0, 0.05) is 23.8 Å². The first-order valence-electron chi connectivity index (χ1n) is 6.79. The van der Waals surface area contributed by atoms with Gasteiger partial charge in [-0.25, -0.2) is 4.39 Å². The fourth-order valence-electron chi connectivity index (χ4n) is 2.86. The molecule has 0 amide bonds. The third-order valence-electron chi connectivity index (χ3n) is 4.20. The van der Waals surface area contributed by atoms with Gasteiger partial charge in [0.15, 0.2) is 0 Å². The van der Waals surface area contributed by atoms with Crippen LogP contribution in [0.15, 0.2) is 18.2 Å². The number of nitrogens with one attached hydrogen (secondary N) is 1. The number of hydrogen-bond donors (Lipinski definition) is 1. The Bertz CT molecular complexity index is 499. The van der Waals surface area contributed by atoms with Crippen LogP contribution in [0.2, 0.25) is 0 Å². The number of nitro groups is 1. The van der Waals surface area contributed by atoms with Gasteiger partial charge in [-0.3, -0.25) is 10.1 Å². The summed E-state index contributed by atoms with van der Waals surface area (Å²) in [4.78, 5) is 12.4. The average molecular weight is 281 g/mol. The van der Waals surface area contributed by atoms with Gasteiger partial charge in [0.2, 0.25) is 0 Å². The van der Waals surface area contributed by atoms with E-state index in [0.717, 1.165) is 18.9 Å². The van der Waals surface area contributed by atoms with Gasteiger partial charge in [-0.1, -0.05) is 12.8 Å². The van der Waals surface area contributed by atoms with E-state index in [2.05, 4.69) is 10.2 Å². The summed E-state index contributed by atoms with van der Waals surface area (Å²) < 4.78 is 13.4. The molecule has 1 aromatic rings. The summed E-state index contributed by atoms with van der Waals surface area (Å²) in [6.07, 6.45) is 4.54. The van der Waals surface area contributed by atoms with Gasteiger partial charge in [0.1, 0.15) is 5.82 Å². The molecule has 1 fully saturated rings.